The van der Waals surface area contributed by atoms with Crippen LogP contribution in [0.15, 0.2) is 23.8 Å². The quantitative estimate of drug-likeness (QED) is 0.351. The zero-order valence-electron chi connectivity index (χ0n) is 12.4. The van der Waals surface area contributed by atoms with Gasteiger partial charge in [-0.1, -0.05) is 12.7 Å². The summed E-state index contributed by atoms with van der Waals surface area (Å²) in [6.45, 7) is 8.18. The Labute approximate surface area is 120 Å². The molecular formula is C14H26N2O4. The Morgan fingerprint density at radius 1 is 1.20 bits per heavy atom. The first-order chi connectivity index (χ1) is 9.36. The minimum atomic E-state index is -0.850. The van der Waals surface area contributed by atoms with Crippen molar-refractivity contribution in [3.8, 4) is 0 Å². The predicted molar refractivity (Wildman–Crippen MR) is 79.1 cm³/mol. The highest BCUT2D eigenvalue weighted by atomic mass is 16.5. The van der Waals surface area contributed by atoms with E-state index >= 15 is 0 Å². The lowest BCUT2D eigenvalue weighted by atomic mass is 10.2. The summed E-state index contributed by atoms with van der Waals surface area (Å²) < 4.78 is 4.73. The van der Waals surface area contributed by atoms with Crippen molar-refractivity contribution in [2.24, 2.45) is 11.5 Å². The van der Waals surface area contributed by atoms with Crippen LogP contribution in [-0.4, -0.2) is 36.7 Å². The van der Waals surface area contributed by atoms with E-state index in [1.165, 1.54) is 0 Å². The van der Waals surface area contributed by atoms with Crippen LogP contribution >= 0.6 is 0 Å². The zero-order valence-corrected chi connectivity index (χ0v) is 12.4. The molecule has 0 amide bonds. The maximum atomic E-state index is 10.7. The SMILES string of the molecule is C=C(C)C(=O)OCCCN.CC(=CCCCN)C(=O)O. The van der Waals surface area contributed by atoms with E-state index in [2.05, 4.69) is 6.58 Å². The molecule has 0 bridgehead atoms. The molecule has 0 aromatic carbocycles. The van der Waals surface area contributed by atoms with Gasteiger partial charge in [0.15, 0.2) is 0 Å². The van der Waals surface area contributed by atoms with Crippen LogP contribution < -0.4 is 11.5 Å². The maximum absolute atomic E-state index is 10.7. The smallest absolute Gasteiger partial charge is 0.333 e. The van der Waals surface area contributed by atoms with Crippen molar-refractivity contribution >= 4 is 11.9 Å². The third kappa shape index (κ3) is 14.4. The molecule has 0 aliphatic carbocycles. The van der Waals surface area contributed by atoms with E-state index in [-0.39, 0.29) is 5.97 Å². The molecule has 0 aliphatic heterocycles. The van der Waals surface area contributed by atoms with Gasteiger partial charge < -0.3 is 21.3 Å². The summed E-state index contributed by atoms with van der Waals surface area (Å²) in [5, 5.41) is 8.38. The van der Waals surface area contributed by atoms with Gasteiger partial charge in [0, 0.05) is 11.1 Å². The first-order valence-corrected chi connectivity index (χ1v) is 6.49. The number of hydrogen-bond acceptors (Lipinski definition) is 5. The van der Waals surface area contributed by atoms with Crippen LogP contribution in [0.5, 0.6) is 0 Å². The van der Waals surface area contributed by atoms with Gasteiger partial charge in [-0.15, -0.1) is 0 Å². The van der Waals surface area contributed by atoms with Gasteiger partial charge in [-0.05, 0) is 46.2 Å². The van der Waals surface area contributed by atoms with E-state index < -0.39 is 5.97 Å². The molecule has 0 saturated carbocycles. The maximum Gasteiger partial charge on any atom is 0.333 e. The fourth-order valence-corrected chi connectivity index (χ4v) is 0.895. The van der Waals surface area contributed by atoms with E-state index in [0.29, 0.717) is 37.3 Å². The molecular weight excluding hydrogens is 260 g/mol. The van der Waals surface area contributed by atoms with Crippen molar-refractivity contribution in [2.75, 3.05) is 19.7 Å². The summed E-state index contributed by atoms with van der Waals surface area (Å²) in [6, 6.07) is 0. The molecule has 20 heavy (non-hydrogen) atoms. The second-order valence-corrected chi connectivity index (χ2v) is 4.18. The van der Waals surface area contributed by atoms with E-state index in [1.54, 1.807) is 19.9 Å². The van der Waals surface area contributed by atoms with E-state index in [9.17, 15) is 9.59 Å². The minimum absolute atomic E-state index is 0.339. The summed E-state index contributed by atoms with van der Waals surface area (Å²) in [6.07, 6.45) is 4.01. The standard InChI is InChI=1S/2C7H13NO2/c1-6(2)7(9)10-5-3-4-8;1-6(7(9)10)4-2-3-5-8/h1,3-5,8H2,2H3;4H,2-3,5,8H2,1H3,(H,9,10). The monoisotopic (exact) mass is 286 g/mol. The molecule has 0 saturated heterocycles. The van der Waals surface area contributed by atoms with Crippen LogP contribution in [0.1, 0.15) is 33.1 Å². The normalized spacial score (nSPS) is 10.3. The molecule has 0 rings (SSSR count). The summed E-state index contributed by atoms with van der Waals surface area (Å²) in [4.78, 5) is 20.8. The van der Waals surface area contributed by atoms with Gasteiger partial charge in [-0.2, -0.15) is 0 Å². The average molecular weight is 286 g/mol. The number of nitrogens with two attached hydrogens (primary N) is 2. The molecule has 6 heteroatoms. The van der Waals surface area contributed by atoms with E-state index in [4.69, 9.17) is 21.3 Å². The second kappa shape index (κ2) is 13.8. The van der Waals surface area contributed by atoms with Crippen LogP contribution in [0.2, 0.25) is 0 Å². The Hall–Kier alpha value is -1.66. The van der Waals surface area contributed by atoms with Crippen LogP contribution in [-0.2, 0) is 14.3 Å². The zero-order chi connectivity index (χ0) is 16.0. The molecule has 0 aliphatic rings. The number of carbonyl (C=O) groups excluding carboxylic acids is 1. The lowest BCUT2D eigenvalue weighted by Crippen LogP contribution is -2.09. The van der Waals surface area contributed by atoms with Crippen LogP contribution in [0.4, 0.5) is 0 Å². The molecule has 5 N–H and O–H groups in total. The number of unbranched alkanes of at least 4 members (excludes halogenated alkanes) is 1. The van der Waals surface area contributed by atoms with Crippen molar-refractivity contribution in [2.45, 2.75) is 33.1 Å². The van der Waals surface area contributed by atoms with Gasteiger partial charge in [-0.25, -0.2) is 9.59 Å². The molecule has 0 unspecified atom stereocenters. The van der Waals surface area contributed by atoms with Gasteiger partial charge in [0.1, 0.15) is 0 Å². The largest absolute Gasteiger partial charge is 0.478 e. The number of hydrogen-bond donors (Lipinski definition) is 3. The molecule has 0 aromatic rings. The van der Waals surface area contributed by atoms with E-state index in [0.717, 1.165) is 12.8 Å². The number of allylic oxidation sites excluding steroid dienone is 1. The van der Waals surface area contributed by atoms with Gasteiger partial charge in [0.25, 0.3) is 0 Å². The highest BCUT2D eigenvalue weighted by molar-refractivity contribution is 5.86. The molecule has 0 atom stereocenters. The summed E-state index contributed by atoms with van der Waals surface area (Å²) >= 11 is 0. The number of carboxylic acid groups (broad SMARTS) is 1. The van der Waals surface area contributed by atoms with Crippen LogP contribution in [0.3, 0.4) is 0 Å². The lowest BCUT2D eigenvalue weighted by Gasteiger charge is -2.01. The average Bonchev–Trinajstić information content (AvgIpc) is 2.39. The number of carboxylic acids is 1. The molecule has 0 aromatic heterocycles. The Morgan fingerprint density at radius 2 is 1.75 bits per heavy atom. The van der Waals surface area contributed by atoms with Crippen LogP contribution in [0.25, 0.3) is 0 Å². The van der Waals surface area contributed by atoms with Crippen molar-refractivity contribution in [3.63, 3.8) is 0 Å². The number of rotatable bonds is 8. The highest BCUT2D eigenvalue weighted by Gasteiger charge is 2.00. The fraction of sp³-hybridized carbons (Fsp3) is 0.571. The fourth-order valence-electron chi connectivity index (χ4n) is 0.895. The number of ether oxygens (including phenoxy) is 1. The first-order valence-electron chi connectivity index (χ1n) is 6.49. The predicted octanol–water partition coefficient (Wildman–Crippen LogP) is 1.21. The van der Waals surface area contributed by atoms with Gasteiger partial charge >= 0.3 is 11.9 Å². The van der Waals surface area contributed by atoms with Gasteiger partial charge in [-0.3, -0.25) is 0 Å². The minimum Gasteiger partial charge on any atom is -0.478 e. The first kappa shape index (κ1) is 20.7. The third-order valence-electron chi connectivity index (χ3n) is 2.13. The third-order valence-corrected chi connectivity index (χ3v) is 2.13. The molecule has 0 fully saturated rings. The Bertz CT molecular complexity index is 338. The molecule has 116 valence electrons. The van der Waals surface area contributed by atoms with Crippen molar-refractivity contribution in [1.29, 1.82) is 0 Å². The summed E-state index contributed by atoms with van der Waals surface area (Å²) in [5.74, 6) is -1.19. The number of aliphatic carboxylic acids is 1. The Kier molecular flexibility index (Phi) is 14.2. The second-order valence-electron chi connectivity index (χ2n) is 4.18. The molecule has 0 spiro atoms. The van der Waals surface area contributed by atoms with Crippen molar-refractivity contribution < 1.29 is 19.4 Å². The molecule has 0 radical (unpaired) electrons. The Morgan fingerprint density at radius 3 is 2.15 bits per heavy atom. The molecule has 0 heterocycles. The Balaban J connectivity index is 0. The summed E-state index contributed by atoms with van der Waals surface area (Å²) in [5.41, 5.74) is 11.2. The lowest BCUT2D eigenvalue weighted by molar-refractivity contribution is -0.139. The van der Waals surface area contributed by atoms with Gasteiger partial charge in [0.05, 0.1) is 6.61 Å². The topological polar surface area (TPSA) is 116 Å². The van der Waals surface area contributed by atoms with Crippen molar-refractivity contribution in [1.82, 2.24) is 0 Å². The van der Waals surface area contributed by atoms with Crippen LogP contribution in [0, 0.1) is 0 Å². The number of carbonyl (C=O) groups is 2. The number of esters is 1. The van der Waals surface area contributed by atoms with Gasteiger partial charge in [0.2, 0.25) is 0 Å². The highest BCUT2D eigenvalue weighted by Crippen LogP contribution is 1.96. The van der Waals surface area contributed by atoms with E-state index in [1.807, 2.05) is 0 Å². The molecule has 6 nitrogen and oxygen atoms in total. The summed E-state index contributed by atoms with van der Waals surface area (Å²) in [7, 11) is 0. The van der Waals surface area contributed by atoms with Crippen molar-refractivity contribution in [3.05, 3.63) is 23.8 Å².